The third kappa shape index (κ3) is 7.46. The minimum Gasteiger partial charge on any atom is -0.385 e. The minimum atomic E-state index is -0.512. The average molecular weight is 496 g/mol. The molecule has 0 atom stereocenters. The summed E-state index contributed by atoms with van der Waals surface area (Å²) in [6.45, 7) is 3.57. The molecule has 2 amide bonds. The molecule has 0 aliphatic rings. The fourth-order valence-corrected chi connectivity index (χ4v) is 4.52. The lowest BCUT2D eigenvalue weighted by atomic mass is 10.1. The quantitative estimate of drug-likeness (QED) is 0.207. The topological polar surface area (TPSA) is 93.0 Å². The van der Waals surface area contributed by atoms with Gasteiger partial charge in [0.25, 0.3) is 11.6 Å². The second-order valence-electron chi connectivity index (χ2n) is 8.14. The Morgan fingerprint density at radius 2 is 1.71 bits per heavy atom. The molecule has 0 saturated carbocycles. The summed E-state index contributed by atoms with van der Waals surface area (Å²) in [6, 6.07) is 17.2. The van der Waals surface area contributed by atoms with Crippen LogP contribution in [0.1, 0.15) is 32.8 Å². The highest BCUT2D eigenvalue weighted by Crippen LogP contribution is 2.20. The molecule has 0 unspecified atom stereocenters. The summed E-state index contributed by atoms with van der Waals surface area (Å²) >= 11 is 1.60. The summed E-state index contributed by atoms with van der Waals surface area (Å²) in [4.78, 5) is 41.6. The Bertz CT molecular complexity index is 1130. The Morgan fingerprint density at radius 1 is 1.00 bits per heavy atom. The van der Waals surface area contributed by atoms with Crippen molar-refractivity contribution in [3.05, 3.63) is 97.7 Å². The van der Waals surface area contributed by atoms with Gasteiger partial charge < -0.3 is 14.5 Å². The molecule has 0 radical (unpaired) electrons. The van der Waals surface area contributed by atoms with Crippen molar-refractivity contribution in [1.29, 1.82) is 0 Å². The Labute approximate surface area is 208 Å². The van der Waals surface area contributed by atoms with Crippen molar-refractivity contribution >= 4 is 28.8 Å². The van der Waals surface area contributed by atoms with Gasteiger partial charge in [0.2, 0.25) is 5.91 Å². The fraction of sp³-hybridized carbons (Fsp3) is 0.308. The molecule has 35 heavy (non-hydrogen) atoms. The summed E-state index contributed by atoms with van der Waals surface area (Å²) in [5, 5.41) is 13.0. The van der Waals surface area contributed by atoms with E-state index in [4.69, 9.17) is 4.74 Å². The van der Waals surface area contributed by atoms with Crippen molar-refractivity contribution in [3.8, 4) is 0 Å². The van der Waals surface area contributed by atoms with Gasteiger partial charge in [-0.1, -0.05) is 30.3 Å². The zero-order valence-electron chi connectivity index (χ0n) is 19.9. The van der Waals surface area contributed by atoms with Gasteiger partial charge in [0.1, 0.15) is 6.54 Å². The van der Waals surface area contributed by atoms with Gasteiger partial charge in [-0.2, -0.15) is 0 Å². The van der Waals surface area contributed by atoms with Crippen LogP contribution < -0.4 is 0 Å². The van der Waals surface area contributed by atoms with Gasteiger partial charge in [0, 0.05) is 49.4 Å². The lowest BCUT2D eigenvalue weighted by Crippen LogP contribution is -2.43. The summed E-state index contributed by atoms with van der Waals surface area (Å²) in [7, 11) is 1.58. The lowest BCUT2D eigenvalue weighted by Gasteiger charge is -2.28. The SMILES string of the molecule is COCCCN(CC(=O)N(Cc1ccccc1)Cc1sccc1C)C(=O)c1ccc([N+](=O)[O-])cc1. The predicted octanol–water partition coefficient (Wildman–Crippen LogP) is 4.67. The smallest absolute Gasteiger partial charge is 0.269 e. The van der Waals surface area contributed by atoms with E-state index < -0.39 is 4.92 Å². The van der Waals surface area contributed by atoms with Crippen LogP contribution in [0.4, 0.5) is 5.69 Å². The molecular weight excluding hydrogens is 466 g/mol. The molecule has 184 valence electrons. The molecule has 2 aromatic carbocycles. The minimum absolute atomic E-state index is 0.0936. The number of nitro benzene ring substituents is 1. The van der Waals surface area contributed by atoms with Crippen LogP contribution >= 0.6 is 11.3 Å². The zero-order valence-corrected chi connectivity index (χ0v) is 20.7. The van der Waals surface area contributed by atoms with Crippen molar-refractivity contribution in [2.75, 3.05) is 26.8 Å². The van der Waals surface area contributed by atoms with Crippen molar-refractivity contribution in [3.63, 3.8) is 0 Å². The molecule has 8 nitrogen and oxygen atoms in total. The molecular formula is C26H29N3O5S. The van der Waals surface area contributed by atoms with E-state index in [-0.39, 0.29) is 24.0 Å². The Morgan fingerprint density at radius 3 is 2.31 bits per heavy atom. The number of nitrogens with zero attached hydrogens (tertiary/aromatic N) is 3. The van der Waals surface area contributed by atoms with Gasteiger partial charge in [0.05, 0.1) is 11.5 Å². The van der Waals surface area contributed by atoms with Crippen LogP contribution in [0.5, 0.6) is 0 Å². The lowest BCUT2D eigenvalue weighted by molar-refractivity contribution is -0.384. The maximum Gasteiger partial charge on any atom is 0.269 e. The van der Waals surface area contributed by atoms with E-state index in [1.165, 1.54) is 29.2 Å². The molecule has 1 aromatic heterocycles. The molecule has 9 heteroatoms. The first-order chi connectivity index (χ1) is 16.9. The Hall–Kier alpha value is -3.56. The van der Waals surface area contributed by atoms with E-state index in [2.05, 4.69) is 0 Å². The summed E-state index contributed by atoms with van der Waals surface area (Å²) < 4.78 is 5.13. The van der Waals surface area contributed by atoms with Crippen LogP contribution in [-0.4, -0.2) is 53.3 Å². The molecule has 0 aliphatic heterocycles. The van der Waals surface area contributed by atoms with Crippen LogP contribution in [0.2, 0.25) is 0 Å². The maximum absolute atomic E-state index is 13.5. The summed E-state index contributed by atoms with van der Waals surface area (Å²) in [5.41, 5.74) is 2.33. The van der Waals surface area contributed by atoms with Crippen molar-refractivity contribution in [2.24, 2.45) is 0 Å². The number of rotatable bonds is 12. The molecule has 0 spiro atoms. The van der Waals surface area contributed by atoms with Gasteiger partial charge in [-0.3, -0.25) is 19.7 Å². The highest BCUT2D eigenvalue weighted by molar-refractivity contribution is 7.10. The molecule has 0 fully saturated rings. The number of hydrogen-bond acceptors (Lipinski definition) is 6. The number of methoxy groups -OCH3 is 1. The number of benzene rings is 2. The Kier molecular flexibility index (Phi) is 9.51. The largest absolute Gasteiger partial charge is 0.385 e. The number of amides is 2. The number of thiophene rings is 1. The van der Waals surface area contributed by atoms with Crippen LogP contribution in [0, 0.1) is 17.0 Å². The molecule has 0 bridgehead atoms. The van der Waals surface area contributed by atoms with Crippen LogP contribution in [0.3, 0.4) is 0 Å². The van der Waals surface area contributed by atoms with Crippen molar-refractivity contribution in [2.45, 2.75) is 26.4 Å². The number of nitro groups is 1. The first kappa shape index (κ1) is 26.1. The third-order valence-electron chi connectivity index (χ3n) is 5.59. The second kappa shape index (κ2) is 12.8. The summed E-state index contributed by atoms with van der Waals surface area (Å²) in [6.07, 6.45) is 0.561. The van der Waals surface area contributed by atoms with Crippen LogP contribution in [0.25, 0.3) is 0 Å². The standard InChI is InChI=1S/C26H29N3O5S/c1-20-13-16-35-24(20)18-28(17-21-7-4-3-5-8-21)25(30)19-27(14-6-15-34-2)26(31)22-9-11-23(12-10-22)29(32)33/h3-5,7-13,16H,6,14-15,17-19H2,1-2H3. The van der Waals surface area contributed by atoms with Gasteiger partial charge in [-0.05, 0) is 48.1 Å². The summed E-state index contributed by atoms with van der Waals surface area (Å²) in [5.74, 6) is -0.523. The second-order valence-corrected chi connectivity index (χ2v) is 9.14. The number of aryl methyl sites for hydroxylation is 1. The van der Waals surface area contributed by atoms with E-state index in [0.717, 1.165) is 16.0 Å². The van der Waals surface area contributed by atoms with Gasteiger partial charge in [-0.15, -0.1) is 11.3 Å². The van der Waals surface area contributed by atoms with Crippen LogP contribution in [0.15, 0.2) is 66.0 Å². The molecule has 3 rings (SSSR count). The van der Waals surface area contributed by atoms with Crippen LogP contribution in [-0.2, 0) is 22.6 Å². The first-order valence-corrected chi connectivity index (χ1v) is 12.1. The predicted molar refractivity (Wildman–Crippen MR) is 135 cm³/mol. The first-order valence-electron chi connectivity index (χ1n) is 11.3. The molecule has 1 heterocycles. The van der Waals surface area contributed by atoms with E-state index in [1.54, 1.807) is 23.3 Å². The fourth-order valence-electron chi connectivity index (χ4n) is 3.60. The highest BCUT2D eigenvalue weighted by Gasteiger charge is 2.24. The van der Waals surface area contributed by atoms with Crippen molar-refractivity contribution < 1.29 is 19.2 Å². The number of ether oxygens (including phenoxy) is 1. The van der Waals surface area contributed by atoms with E-state index >= 15 is 0 Å². The monoisotopic (exact) mass is 495 g/mol. The number of carbonyl (C=O) groups excluding carboxylic acids is 2. The maximum atomic E-state index is 13.5. The van der Waals surface area contributed by atoms with Gasteiger partial charge >= 0.3 is 0 Å². The third-order valence-corrected chi connectivity index (χ3v) is 6.59. The highest BCUT2D eigenvalue weighted by atomic mass is 32.1. The molecule has 0 aliphatic carbocycles. The number of carbonyl (C=O) groups is 2. The average Bonchev–Trinajstić information content (AvgIpc) is 3.27. The molecule has 0 N–H and O–H groups in total. The van der Waals surface area contributed by atoms with Crippen molar-refractivity contribution in [1.82, 2.24) is 9.80 Å². The normalized spacial score (nSPS) is 10.7. The van der Waals surface area contributed by atoms with Gasteiger partial charge in [0.15, 0.2) is 0 Å². The zero-order chi connectivity index (χ0) is 25.2. The molecule has 3 aromatic rings. The van der Waals surface area contributed by atoms with E-state index in [0.29, 0.717) is 38.2 Å². The number of non-ortho nitro benzene ring substituents is 1. The van der Waals surface area contributed by atoms with Gasteiger partial charge in [-0.25, -0.2) is 0 Å². The van der Waals surface area contributed by atoms with E-state index in [1.807, 2.05) is 48.7 Å². The number of hydrogen-bond donors (Lipinski definition) is 0. The molecule has 0 saturated heterocycles. The van der Waals surface area contributed by atoms with E-state index in [9.17, 15) is 19.7 Å². The Balaban J connectivity index is 1.81.